The Hall–Kier alpha value is -0.550. The average molecular weight is 249 g/mol. The van der Waals surface area contributed by atoms with Crippen molar-refractivity contribution < 1.29 is 5.11 Å². The van der Waals surface area contributed by atoms with Crippen LogP contribution >= 0.6 is 0 Å². The third-order valence-corrected chi connectivity index (χ3v) is 5.45. The monoisotopic (exact) mass is 249 g/mol. The number of rotatable bonds is 2. The Kier molecular flexibility index (Phi) is 4.02. The third kappa shape index (κ3) is 2.30. The standard InChI is InChI=1S/C16H27NO/c1-13(2)14-10-16(18,11-14)15(12-17)8-6-4-3-5-7-9-15/h13-14,18H,3-11H2,1-2H3. The minimum atomic E-state index is -0.686. The highest BCUT2D eigenvalue weighted by atomic mass is 16.3. The molecule has 102 valence electrons. The Morgan fingerprint density at radius 1 is 1.06 bits per heavy atom. The van der Waals surface area contributed by atoms with Crippen molar-refractivity contribution in [3.05, 3.63) is 0 Å². The second kappa shape index (κ2) is 5.21. The molecule has 0 aromatic carbocycles. The number of nitrogens with zero attached hydrogens (tertiary/aromatic N) is 1. The van der Waals surface area contributed by atoms with Crippen molar-refractivity contribution in [1.29, 1.82) is 5.26 Å². The lowest BCUT2D eigenvalue weighted by atomic mass is 9.52. The average Bonchev–Trinajstić information content (AvgIpc) is 2.25. The minimum Gasteiger partial charge on any atom is -0.388 e. The van der Waals surface area contributed by atoms with Crippen molar-refractivity contribution in [2.45, 2.75) is 77.2 Å². The van der Waals surface area contributed by atoms with Gasteiger partial charge < -0.3 is 5.11 Å². The molecule has 0 radical (unpaired) electrons. The van der Waals surface area contributed by atoms with Crippen LogP contribution in [0, 0.1) is 28.6 Å². The summed E-state index contributed by atoms with van der Waals surface area (Å²) in [5, 5.41) is 20.6. The summed E-state index contributed by atoms with van der Waals surface area (Å²) in [6.07, 6.45) is 9.49. The van der Waals surface area contributed by atoms with Crippen LogP contribution in [0.25, 0.3) is 0 Å². The molecule has 2 nitrogen and oxygen atoms in total. The first kappa shape index (κ1) is 13.9. The van der Waals surface area contributed by atoms with Gasteiger partial charge in [-0.15, -0.1) is 0 Å². The van der Waals surface area contributed by atoms with Crippen molar-refractivity contribution in [2.75, 3.05) is 0 Å². The maximum atomic E-state index is 10.9. The molecule has 2 fully saturated rings. The molecule has 1 N–H and O–H groups in total. The van der Waals surface area contributed by atoms with Gasteiger partial charge in [0.2, 0.25) is 0 Å². The maximum absolute atomic E-state index is 10.9. The van der Waals surface area contributed by atoms with Crippen LogP contribution in [-0.2, 0) is 0 Å². The van der Waals surface area contributed by atoms with Crippen molar-refractivity contribution >= 4 is 0 Å². The molecule has 2 heteroatoms. The molecule has 0 spiro atoms. The maximum Gasteiger partial charge on any atom is 0.0860 e. The number of hydrogen-bond donors (Lipinski definition) is 1. The van der Waals surface area contributed by atoms with Crippen molar-refractivity contribution in [3.63, 3.8) is 0 Å². The van der Waals surface area contributed by atoms with E-state index in [4.69, 9.17) is 0 Å². The molecule has 2 aliphatic carbocycles. The highest BCUT2D eigenvalue weighted by Crippen LogP contribution is 2.56. The Morgan fingerprint density at radius 2 is 1.56 bits per heavy atom. The quantitative estimate of drug-likeness (QED) is 0.802. The fraction of sp³-hybridized carbons (Fsp3) is 0.938. The van der Waals surface area contributed by atoms with Crippen molar-refractivity contribution in [2.24, 2.45) is 17.3 Å². The summed E-state index contributed by atoms with van der Waals surface area (Å²) in [5.74, 6) is 1.25. The summed E-state index contributed by atoms with van der Waals surface area (Å²) in [6.45, 7) is 4.45. The van der Waals surface area contributed by atoms with Gasteiger partial charge in [0.25, 0.3) is 0 Å². The van der Waals surface area contributed by atoms with E-state index in [1.807, 2.05) is 0 Å². The highest BCUT2D eigenvalue weighted by molar-refractivity contribution is 5.16. The van der Waals surface area contributed by atoms with Crippen LogP contribution in [0.2, 0.25) is 0 Å². The van der Waals surface area contributed by atoms with Gasteiger partial charge in [0, 0.05) is 0 Å². The predicted molar refractivity (Wildman–Crippen MR) is 72.9 cm³/mol. The van der Waals surface area contributed by atoms with Crippen LogP contribution in [0.5, 0.6) is 0 Å². The molecule has 0 bridgehead atoms. The smallest absolute Gasteiger partial charge is 0.0860 e. The minimum absolute atomic E-state index is 0.446. The Balaban J connectivity index is 2.09. The summed E-state index contributed by atoms with van der Waals surface area (Å²) in [4.78, 5) is 0. The molecule has 0 aliphatic heterocycles. The fourth-order valence-electron chi connectivity index (χ4n) is 3.86. The van der Waals surface area contributed by atoms with Gasteiger partial charge in [0.15, 0.2) is 0 Å². The summed E-state index contributed by atoms with van der Waals surface area (Å²) in [5.41, 5.74) is -1.13. The Bertz CT molecular complexity index is 314. The normalized spacial score (nSPS) is 36.3. The molecule has 2 rings (SSSR count). The molecule has 0 amide bonds. The third-order valence-electron chi connectivity index (χ3n) is 5.45. The lowest BCUT2D eigenvalue weighted by Crippen LogP contribution is -2.57. The summed E-state index contributed by atoms with van der Waals surface area (Å²) in [6, 6.07) is 2.54. The van der Waals surface area contributed by atoms with Crippen LogP contribution in [0.3, 0.4) is 0 Å². The van der Waals surface area contributed by atoms with Gasteiger partial charge in [0.05, 0.1) is 17.1 Å². The SMILES string of the molecule is CC(C)C1CC(O)(C2(C#N)CCCCCCC2)C1. The predicted octanol–water partition coefficient (Wildman–Crippen LogP) is 4.04. The number of nitriles is 1. The van der Waals surface area contributed by atoms with Gasteiger partial charge >= 0.3 is 0 Å². The first-order chi connectivity index (χ1) is 8.53. The molecule has 0 atom stereocenters. The first-order valence-electron chi connectivity index (χ1n) is 7.67. The molecule has 0 saturated heterocycles. The second-order valence-electron chi connectivity index (χ2n) is 6.91. The summed E-state index contributed by atoms with van der Waals surface area (Å²) < 4.78 is 0. The van der Waals surface area contributed by atoms with Crippen molar-refractivity contribution in [1.82, 2.24) is 0 Å². The van der Waals surface area contributed by atoms with Gasteiger partial charge in [-0.1, -0.05) is 46.0 Å². The van der Waals surface area contributed by atoms with E-state index in [-0.39, 0.29) is 0 Å². The lowest BCUT2D eigenvalue weighted by molar-refractivity contribution is -0.162. The van der Waals surface area contributed by atoms with Gasteiger partial charge in [-0.2, -0.15) is 5.26 Å². The molecular weight excluding hydrogens is 222 g/mol. The van der Waals surface area contributed by atoms with Crippen molar-refractivity contribution in [3.8, 4) is 6.07 Å². The van der Waals surface area contributed by atoms with E-state index >= 15 is 0 Å². The zero-order chi connectivity index (χ0) is 13.2. The van der Waals surface area contributed by atoms with E-state index in [0.717, 1.165) is 38.5 Å². The topological polar surface area (TPSA) is 44.0 Å². The van der Waals surface area contributed by atoms with Gasteiger partial charge in [-0.25, -0.2) is 0 Å². The molecular formula is C16H27NO. The lowest BCUT2D eigenvalue weighted by Gasteiger charge is -2.54. The van der Waals surface area contributed by atoms with Crippen LogP contribution in [0.4, 0.5) is 0 Å². The summed E-state index contributed by atoms with van der Waals surface area (Å²) in [7, 11) is 0. The molecule has 18 heavy (non-hydrogen) atoms. The van der Waals surface area contributed by atoms with E-state index < -0.39 is 11.0 Å². The largest absolute Gasteiger partial charge is 0.388 e. The van der Waals surface area contributed by atoms with Crippen LogP contribution < -0.4 is 0 Å². The zero-order valence-electron chi connectivity index (χ0n) is 11.9. The Morgan fingerprint density at radius 3 is 2.00 bits per heavy atom. The van der Waals surface area contributed by atoms with Crippen LogP contribution in [0.1, 0.15) is 71.6 Å². The number of aliphatic hydroxyl groups is 1. The van der Waals surface area contributed by atoms with Gasteiger partial charge in [-0.05, 0) is 37.5 Å². The van der Waals surface area contributed by atoms with Crippen LogP contribution in [0.15, 0.2) is 0 Å². The van der Waals surface area contributed by atoms with E-state index in [0.29, 0.717) is 11.8 Å². The molecule has 0 aromatic heterocycles. The zero-order valence-corrected chi connectivity index (χ0v) is 11.9. The molecule has 0 heterocycles. The van der Waals surface area contributed by atoms with E-state index in [9.17, 15) is 10.4 Å². The molecule has 0 aromatic rings. The highest BCUT2D eigenvalue weighted by Gasteiger charge is 2.57. The molecule has 0 unspecified atom stereocenters. The summed E-state index contributed by atoms with van der Waals surface area (Å²) >= 11 is 0. The number of hydrogen-bond acceptors (Lipinski definition) is 2. The Labute approximate surface area is 111 Å². The molecule has 2 saturated carbocycles. The van der Waals surface area contributed by atoms with Gasteiger partial charge in [-0.3, -0.25) is 0 Å². The van der Waals surface area contributed by atoms with E-state index in [2.05, 4.69) is 19.9 Å². The molecule has 2 aliphatic rings. The fourth-order valence-corrected chi connectivity index (χ4v) is 3.86. The second-order valence-corrected chi connectivity index (χ2v) is 6.91. The first-order valence-corrected chi connectivity index (χ1v) is 7.67. The van der Waals surface area contributed by atoms with Crippen LogP contribution in [-0.4, -0.2) is 10.7 Å². The van der Waals surface area contributed by atoms with E-state index in [1.165, 1.54) is 19.3 Å². The van der Waals surface area contributed by atoms with Gasteiger partial charge in [0.1, 0.15) is 0 Å². The van der Waals surface area contributed by atoms with E-state index in [1.54, 1.807) is 0 Å².